The molecule has 1 N–H and O–H groups in total. The van der Waals surface area contributed by atoms with Gasteiger partial charge in [0.25, 0.3) is 5.91 Å². The first-order chi connectivity index (χ1) is 16.6. The Hall–Kier alpha value is -3.66. The summed E-state index contributed by atoms with van der Waals surface area (Å²) in [4.78, 5) is 14.0. The second kappa shape index (κ2) is 10.5. The summed E-state index contributed by atoms with van der Waals surface area (Å²) in [6, 6.07) is 20.4. The molecule has 2 aromatic carbocycles. The molecule has 0 atom stereocenters. The third kappa shape index (κ3) is 4.67. The highest BCUT2D eigenvalue weighted by molar-refractivity contribution is 6.01. The Labute approximate surface area is 202 Å². The molecule has 4 nitrogen and oxygen atoms in total. The van der Waals surface area contributed by atoms with Gasteiger partial charge >= 0.3 is 0 Å². The average Bonchev–Trinajstić information content (AvgIpc) is 3.23. The lowest BCUT2D eigenvalue weighted by molar-refractivity contribution is 0.0865. The molecule has 0 radical (unpaired) electrons. The number of carbonyl (C=O) groups excluding carboxylic acids is 1. The fourth-order valence-electron chi connectivity index (χ4n) is 4.96. The lowest BCUT2D eigenvalue weighted by Crippen LogP contribution is -2.47. The predicted octanol–water partition coefficient (Wildman–Crippen LogP) is 6.92. The Morgan fingerprint density at radius 3 is 2.29 bits per heavy atom. The van der Waals surface area contributed by atoms with Crippen molar-refractivity contribution in [1.82, 2.24) is 15.1 Å². The maximum atomic E-state index is 14.0. The molecule has 0 aliphatic heterocycles. The lowest BCUT2D eigenvalue weighted by Gasteiger charge is -2.39. The fraction of sp³-hybridized carbons (Fsp3) is 0.267. The molecular formula is C30H33N3O. The number of aromatic nitrogens is 2. The SMILES string of the molecule is C=C/C=C\C(=C/C)c1nn(-c2ccccc2)c(C)c1C(=O)NC1(c2ccccc2)CCCCC1. The monoisotopic (exact) mass is 451 g/mol. The van der Waals surface area contributed by atoms with E-state index in [1.165, 1.54) is 12.0 Å². The van der Waals surface area contributed by atoms with Crippen LogP contribution in [0.15, 0.2) is 91.5 Å². The van der Waals surface area contributed by atoms with Gasteiger partial charge in [-0.2, -0.15) is 5.10 Å². The number of nitrogens with one attached hydrogen (secondary N) is 1. The highest BCUT2D eigenvalue weighted by Crippen LogP contribution is 2.38. The fourth-order valence-corrected chi connectivity index (χ4v) is 4.96. The molecule has 0 saturated heterocycles. The van der Waals surface area contributed by atoms with Crippen LogP contribution in [-0.4, -0.2) is 15.7 Å². The zero-order valence-corrected chi connectivity index (χ0v) is 20.1. The number of nitrogens with zero attached hydrogens (tertiary/aromatic N) is 2. The van der Waals surface area contributed by atoms with E-state index in [1.807, 2.05) is 73.2 Å². The van der Waals surface area contributed by atoms with Crippen LogP contribution in [0.2, 0.25) is 0 Å². The third-order valence-electron chi connectivity index (χ3n) is 6.73. The average molecular weight is 452 g/mol. The van der Waals surface area contributed by atoms with Gasteiger partial charge in [-0.05, 0) is 50.0 Å². The Morgan fingerprint density at radius 2 is 1.68 bits per heavy atom. The molecular weight excluding hydrogens is 418 g/mol. The molecule has 1 fully saturated rings. The Bertz CT molecular complexity index is 1200. The van der Waals surface area contributed by atoms with E-state index in [0.717, 1.165) is 42.6 Å². The molecule has 3 aromatic rings. The van der Waals surface area contributed by atoms with Gasteiger partial charge in [-0.25, -0.2) is 4.68 Å². The number of rotatable bonds is 7. The first kappa shape index (κ1) is 23.5. The molecule has 1 aliphatic carbocycles. The van der Waals surface area contributed by atoms with E-state index in [-0.39, 0.29) is 11.4 Å². The molecule has 0 unspecified atom stereocenters. The number of allylic oxidation sites excluding steroid dienone is 5. The summed E-state index contributed by atoms with van der Waals surface area (Å²) in [5, 5.41) is 8.40. The van der Waals surface area contributed by atoms with Crippen molar-refractivity contribution < 1.29 is 4.79 Å². The van der Waals surface area contributed by atoms with E-state index in [1.54, 1.807) is 6.08 Å². The largest absolute Gasteiger partial charge is 0.342 e. The number of carbonyl (C=O) groups is 1. The molecule has 34 heavy (non-hydrogen) atoms. The molecule has 4 heteroatoms. The highest BCUT2D eigenvalue weighted by Gasteiger charge is 2.37. The first-order valence-corrected chi connectivity index (χ1v) is 12.1. The smallest absolute Gasteiger partial charge is 0.256 e. The van der Waals surface area contributed by atoms with E-state index in [4.69, 9.17) is 5.10 Å². The minimum Gasteiger partial charge on any atom is -0.342 e. The Morgan fingerprint density at radius 1 is 1.03 bits per heavy atom. The summed E-state index contributed by atoms with van der Waals surface area (Å²) in [5.74, 6) is -0.0770. The van der Waals surface area contributed by atoms with E-state index >= 15 is 0 Å². The molecule has 1 aliphatic rings. The van der Waals surface area contributed by atoms with Crippen molar-refractivity contribution in [3.05, 3.63) is 114 Å². The maximum absolute atomic E-state index is 14.0. The van der Waals surface area contributed by atoms with Gasteiger partial charge < -0.3 is 5.32 Å². The summed E-state index contributed by atoms with van der Waals surface area (Å²) < 4.78 is 1.87. The quantitative estimate of drug-likeness (QED) is 0.397. The molecule has 1 heterocycles. The summed E-state index contributed by atoms with van der Waals surface area (Å²) >= 11 is 0. The van der Waals surface area contributed by atoms with Crippen LogP contribution in [0.5, 0.6) is 0 Å². The number of amides is 1. The topological polar surface area (TPSA) is 46.9 Å². The van der Waals surface area contributed by atoms with Gasteiger partial charge in [0.05, 0.1) is 22.5 Å². The van der Waals surface area contributed by atoms with Crippen LogP contribution in [0.25, 0.3) is 11.3 Å². The van der Waals surface area contributed by atoms with Gasteiger partial charge in [-0.1, -0.05) is 98.7 Å². The number of para-hydroxylation sites is 1. The van der Waals surface area contributed by atoms with Crippen molar-refractivity contribution in [3.63, 3.8) is 0 Å². The van der Waals surface area contributed by atoms with Crippen molar-refractivity contribution in [2.75, 3.05) is 0 Å². The van der Waals surface area contributed by atoms with Crippen LogP contribution in [-0.2, 0) is 5.54 Å². The van der Waals surface area contributed by atoms with Crippen molar-refractivity contribution in [1.29, 1.82) is 0 Å². The normalized spacial score (nSPS) is 15.9. The van der Waals surface area contributed by atoms with Gasteiger partial charge in [-0.15, -0.1) is 0 Å². The molecule has 4 rings (SSSR count). The summed E-state index contributed by atoms with van der Waals surface area (Å²) in [7, 11) is 0. The minimum atomic E-state index is -0.359. The van der Waals surface area contributed by atoms with Crippen LogP contribution in [0.4, 0.5) is 0 Å². The Balaban J connectivity index is 1.81. The Kier molecular flexibility index (Phi) is 7.27. The van der Waals surface area contributed by atoms with Gasteiger partial charge in [0.2, 0.25) is 0 Å². The standard InChI is InChI=1S/C30H33N3O/c1-4-6-16-24(5-2)28-27(23(3)33(32-28)26-19-12-8-13-20-26)29(34)31-30(21-14-9-15-22-30)25-17-10-7-11-18-25/h4-8,10-13,16-20H,1,9,14-15,21-22H2,2-3H3,(H,31,34)/b16-6-,24-5+. The second-order valence-corrected chi connectivity index (χ2v) is 8.86. The van der Waals surface area contributed by atoms with Crippen molar-refractivity contribution in [2.45, 2.75) is 51.5 Å². The van der Waals surface area contributed by atoms with Crippen molar-refractivity contribution >= 4 is 11.5 Å². The van der Waals surface area contributed by atoms with E-state index in [0.29, 0.717) is 11.3 Å². The van der Waals surface area contributed by atoms with Gasteiger partial charge in [0.15, 0.2) is 0 Å². The summed E-state index contributed by atoms with van der Waals surface area (Å²) in [5.41, 5.74) is 4.76. The van der Waals surface area contributed by atoms with Crippen LogP contribution < -0.4 is 5.32 Å². The molecule has 1 aromatic heterocycles. The van der Waals surface area contributed by atoms with E-state index in [2.05, 4.69) is 36.2 Å². The predicted molar refractivity (Wildman–Crippen MR) is 140 cm³/mol. The number of hydrogen-bond donors (Lipinski definition) is 1. The van der Waals surface area contributed by atoms with Crippen molar-refractivity contribution in [2.24, 2.45) is 0 Å². The first-order valence-electron chi connectivity index (χ1n) is 12.1. The highest BCUT2D eigenvalue weighted by atomic mass is 16.1. The van der Waals surface area contributed by atoms with Gasteiger partial charge in [0, 0.05) is 0 Å². The summed E-state index contributed by atoms with van der Waals surface area (Å²) in [6.45, 7) is 7.73. The molecule has 0 bridgehead atoms. The van der Waals surface area contributed by atoms with Crippen molar-refractivity contribution in [3.8, 4) is 5.69 Å². The minimum absolute atomic E-state index is 0.0770. The van der Waals surface area contributed by atoms with Gasteiger partial charge in [0.1, 0.15) is 5.69 Å². The van der Waals surface area contributed by atoms with Crippen LogP contribution >= 0.6 is 0 Å². The van der Waals surface area contributed by atoms with E-state index < -0.39 is 0 Å². The molecule has 0 spiro atoms. The number of benzene rings is 2. The zero-order valence-electron chi connectivity index (χ0n) is 20.1. The number of hydrogen-bond acceptors (Lipinski definition) is 2. The second-order valence-electron chi connectivity index (χ2n) is 8.86. The third-order valence-corrected chi connectivity index (χ3v) is 6.73. The van der Waals surface area contributed by atoms with Crippen LogP contribution in [0.3, 0.4) is 0 Å². The molecule has 1 saturated carbocycles. The van der Waals surface area contributed by atoms with Crippen LogP contribution in [0, 0.1) is 6.92 Å². The van der Waals surface area contributed by atoms with E-state index in [9.17, 15) is 4.79 Å². The lowest BCUT2D eigenvalue weighted by atomic mass is 9.76. The summed E-state index contributed by atoms with van der Waals surface area (Å²) in [6.07, 6.45) is 12.8. The van der Waals surface area contributed by atoms with Crippen LogP contribution in [0.1, 0.15) is 66.3 Å². The zero-order chi connectivity index (χ0) is 24.0. The van der Waals surface area contributed by atoms with Gasteiger partial charge in [-0.3, -0.25) is 4.79 Å². The molecule has 174 valence electrons. The molecule has 1 amide bonds. The maximum Gasteiger partial charge on any atom is 0.256 e.